The first kappa shape index (κ1) is 15.3. The van der Waals surface area contributed by atoms with E-state index in [4.69, 9.17) is 4.74 Å². The lowest BCUT2D eigenvalue weighted by molar-refractivity contribution is -0.129. The molecule has 3 nitrogen and oxygen atoms in total. The molecular weight excluding hydrogens is 286 g/mol. The molecule has 1 aliphatic rings. The molecule has 1 heterocycles. The number of piperidine rings is 1. The van der Waals surface area contributed by atoms with Gasteiger partial charge in [0.05, 0.1) is 0 Å². The predicted molar refractivity (Wildman–Crippen MR) is 92.1 cm³/mol. The highest BCUT2D eigenvalue weighted by Crippen LogP contribution is 2.22. The Labute approximate surface area is 137 Å². The highest BCUT2D eigenvalue weighted by atomic mass is 16.5. The summed E-state index contributed by atoms with van der Waals surface area (Å²) in [7, 11) is 0. The zero-order valence-corrected chi connectivity index (χ0v) is 13.2. The molecule has 2 aromatic carbocycles. The molecule has 0 aliphatic carbocycles. The summed E-state index contributed by atoms with van der Waals surface area (Å²) >= 11 is 0. The SMILES string of the molecule is O=C(C=CN1CCCCC1)Oc1ccc(-c2ccccc2)cc1. The van der Waals surface area contributed by atoms with Crippen LogP contribution in [0.2, 0.25) is 0 Å². The summed E-state index contributed by atoms with van der Waals surface area (Å²) in [6.45, 7) is 2.05. The second-order valence-electron chi connectivity index (χ2n) is 5.72. The van der Waals surface area contributed by atoms with Crippen molar-refractivity contribution in [3.8, 4) is 16.9 Å². The van der Waals surface area contributed by atoms with Crippen LogP contribution in [0.5, 0.6) is 5.75 Å². The Morgan fingerprint density at radius 3 is 2.22 bits per heavy atom. The van der Waals surface area contributed by atoms with Gasteiger partial charge in [-0.2, -0.15) is 0 Å². The summed E-state index contributed by atoms with van der Waals surface area (Å²) < 4.78 is 5.34. The van der Waals surface area contributed by atoms with Crippen LogP contribution in [0.1, 0.15) is 19.3 Å². The van der Waals surface area contributed by atoms with Crippen molar-refractivity contribution in [2.24, 2.45) is 0 Å². The van der Waals surface area contributed by atoms with Crippen molar-refractivity contribution in [2.45, 2.75) is 19.3 Å². The first-order valence-corrected chi connectivity index (χ1v) is 8.11. The molecule has 0 N–H and O–H groups in total. The Hall–Kier alpha value is -2.55. The van der Waals surface area contributed by atoms with Gasteiger partial charge in [-0.3, -0.25) is 0 Å². The minimum Gasteiger partial charge on any atom is -0.423 e. The van der Waals surface area contributed by atoms with Gasteiger partial charge in [-0.1, -0.05) is 42.5 Å². The number of benzene rings is 2. The monoisotopic (exact) mass is 307 g/mol. The summed E-state index contributed by atoms with van der Waals surface area (Å²) in [4.78, 5) is 14.0. The van der Waals surface area contributed by atoms with Crippen molar-refractivity contribution in [1.82, 2.24) is 4.90 Å². The largest absolute Gasteiger partial charge is 0.423 e. The fourth-order valence-electron chi connectivity index (χ4n) is 2.73. The Kier molecular flexibility index (Phi) is 5.09. The van der Waals surface area contributed by atoms with Crippen LogP contribution in [-0.2, 0) is 4.79 Å². The molecule has 1 saturated heterocycles. The molecule has 3 rings (SSSR count). The van der Waals surface area contributed by atoms with Crippen LogP contribution in [0.15, 0.2) is 66.9 Å². The third kappa shape index (κ3) is 4.46. The van der Waals surface area contributed by atoms with Gasteiger partial charge in [0.25, 0.3) is 0 Å². The molecular formula is C20H21NO2. The van der Waals surface area contributed by atoms with Gasteiger partial charge in [0.2, 0.25) is 0 Å². The zero-order chi connectivity index (χ0) is 15.9. The van der Waals surface area contributed by atoms with E-state index in [1.807, 2.05) is 48.7 Å². The van der Waals surface area contributed by atoms with Gasteiger partial charge >= 0.3 is 5.97 Å². The van der Waals surface area contributed by atoms with Crippen molar-refractivity contribution in [2.75, 3.05) is 13.1 Å². The summed E-state index contributed by atoms with van der Waals surface area (Å²) in [5, 5.41) is 0. The zero-order valence-electron chi connectivity index (χ0n) is 13.2. The molecule has 0 atom stereocenters. The molecule has 1 aliphatic heterocycles. The van der Waals surface area contributed by atoms with Crippen LogP contribution >= 0.6 is 0 Å². The van der Waals surface area contributed by atoms with Crippen LogP contribution in [0, 0.1) is 0 Å². The smallest absolute Gasteiger partial charge is 0.337 e. The molecule has 1 fully saturated rings. The number of rotatable bonds is 4. The van der Waals surface area contributed by atoms with E-state index in [1.54, 1.807) is 0 Å². The number of hydrogen-bond acceptors (Lipinski definition) is 3. The van der Waals surface area contributed by atoms with E-state index in [2.05, 4.69) is 17.0 Å². The molecule has 0 amide bonds. The molecule has 3 heteroatoms. The molecule has 0 bridgehead atoms. The summed E-state index contributed by atoms with van der Waals surface area (Å²) in [5.41, 5.74) is 2.25. The quantitative estimate of drug-likeness (QED) is 0.480. The maximum Gasteiger partial charge on any atom is 0.337 e. The topological polar surface area (TPSA) is 29.5 Å². The van der Waals surface area contributed by atoms with Gasteiger partial charge in [-0.15, -0.1) is 0 Å². The fraction of sp³-hybridized carbons (Fsp3) is 0.250. The summed E-state index contributed by atoms with van der Waals surface area (Å²) in [5.74, 6) is 0.237. The number of carbonyl (C=O) groups is 1. The van der Waals surface area contributed by atoms with Crippen molar-refractivity contribution in [3.05, 3.63) is 66.9 Å². The Bertz CT molecular complexity index is 656. The fourth-order valence-corrected chi connectivity index (χ4v) is 2.73. The van der Waals surface area contributed by atoms with Crippen LogP contribution in [0.4, 0.5) is 0 Å². The van der Waals surface area contributed by atoms with Crippen LogP contribution < -0.4 is 4.74 Å². The Morgan fingerprint density at radius 2 is 1.52 bits per heavy atom. The molecule has 23 heavy (non-hydrogen) atoms. The van der Waals surface area contributed by atoms with Crippen molar-refractivity contribution >= 4 is 5.97 Å². The predicted octanol–water partition coefficient (Wildman–Crippen LogP) is 4.26. The lowest BCUT2D eigenvalue weighted by Crippen LogP contribution is -2.24. The van der Waals surface area contributed by atoms with Crippen LogP contribution in [0.3, 0.4) is 0 Å². The molecule has 0 spiro atoms. The second-order valence-corrected chi connectivity index (χ2v) is 5.72. The van der Waals surface area contributed by atoms with E-state index in [0.29, 0.717) is 5.75 Å². The van der Waals surface area contributed by atoms with Gasteiger partial charge in [-0.05, 0) is 42.5 Å². The second kappa shape index (κ2) is 7.63. The van der Waals surface area contributed by atoms with Crippen LogP contribution in [-0.4, -0.2) is 24.0 Å². The van der Waals surface area contributed by atoms with Gasteiger partial charge in [0.1, 0.15) is 5.75 Å². The Balaban J connectivity index is 1.57. The molecule has 0 aromatic heterocycles. The van der Waals surface area contributed by atoms with E-state index < -0.39 is 0 Å². The molecule has 118 valence electrons. The number of ether oxygens (including phenoxy) is 1. The van der Waals surface area contributed by atoms with E-state index in [0.717, 1.165) is 24.2 Å². The minimum atomic E-state index is -0.331. The third-order valence-corrected chi connectivity index (χ3v) is 3.99. The van der Waals surface area contributed by atoms with Gasteiger partial charge in [0.15, 0.2) is 0 Å². The van der Waals surface area contributed by atoms with Gasteiger partial charge in [-0.25, -0.2) is 4.79 Å². The molecule has 0 saturated carbocycles. The normalized spacial score (nSPS) is 14.9. The number of hydrogen-bond donors (Lipinski definition) is 0. The van der Waals surface area contributed by atoms with Gasteiger partial charge in [0, 0.05) is 25.4 Å². The molecule has 2 aromatic rings. The standard InChI is InChI=1S/C20H21NO2/c22-20(13-16-21-14-5-2-6-15-21)23-19-11-9-18(10-12-19)17-7-3-1-4-8-17/h1,3-4,7-13,16H,2,5-6,14-15H2. The highest BCUT2D eigenvalue weighted by molar-refractivity contribution is 5.84. The lowest BCUT2D eigenvalue weighted by atomic mass is 10.1. The third-order valence-electron chi connectivity index (χ3n) is 3.99. The first-order chi connectivity index (χ1) is 11.3. The first-order valence-electron chi connectivity index (χ1n) is 8.11. The van der Waals surface area contributed by atoms with Crippen LogP contribution in [0.25, 0.3) is 11.1 Å². The Morgan fingerprint density at radius 1 is 0.870 bits per heavy atom. The maximum atomic E-state index is 11.9. The number of likely N-dealkylation sites (tertiary alicyclic amines) is 1. The highest BCUT2D eigenvalue weighted by Gasteiger charge is 2.07. The van der Waals surface area contributed by atoms with E-state index in [-0.39, 0.29) is 5.97 Å². The van der Waals surface area contributed by atoms with Gasteiger partial charge < -0.3 is 9.64 Å². The van der Waals surface area contributed by atoms with E-state index in [1.165, 1.54) is 25.3 Å². The average Bonchev–Trinajstić information content (AvgIpc) is 2.62. The molecule has 0 radical (unpaired) electrons. The summed E-state index contributed by atoms with van der Waals surface area (Å²) in [6, 6.07) is 17.7. The lowest BCUT2D eigenvalue weighted by Gasteiger charge is -2.24. The van der Waals surface area contributed by atoms with Crippen molar-refractivity contribution in [1.29, 1.82) is 0 Å². The van der Waals surface area contributed by atoms with Crippen molar-refractivity contribution in [3.63, 3.8) is 0 Å². The summed E-state index contributed by atoms with van der Waals surface area (Å²) in [6.07, 6.45) is 7.03. The average molecular weight is 307 g/mol. The van der Waals surface area contributed by atoms with E-state index >= 15 is 0 Å². The number of esters is 1. The minimum absolute atomic E-state index is 0.331. The molecule has 0 unspecified atom stereocenters. The number of carbonyl (C=O) groups excluding carboxylic acids is 1. The number of nitrogens with zero attached hydrogens (tertiary/aromatic N) is 1. The maximum absolute atomic E-state index is 11.9. The van der Waals surface area contributed by atoms with E-state index in [9.17, 15) is 4.79 Å². The van der Waals surface area contributed by atoms with Crippen molar-refractivity contribution < 1.29 is 9.53 Å².